The molecule has 6 heteroatoms. The molecule has 1 N–H and O–H groups in total. The van der Waals surface area contributed by atoms with E-state index in [4.69, 9.17) is 0 Å². The van der Waals surface area contributed by atoms with Crippen LogP contribution in [-0.4, -0.2) is 21.5 Å². The van der Waals surface area contributed by atoms with E-state index in [2.05, 4.69) is 10.4 Å². The second-order valence-electron chi connectivity index (χ2n) is 5.38. The van der Waals surface area contributed by atoms with E-state index in [1.54, 1.807) is 48.5 Å². The number of ketones is 1. The zero-order valence-electron chi connectivity index (χ0n) is 13.2. The summed E-state index contributed by atoms with van der Waals surface area (Å²) in [4.78, 5) is 36.5. The van der Waals surface area contributed by atoms with Crippen molar-refractivity contribution >= 4 is 28.2 Å². The molecule has 6 nitrogen and oxygen atoms in total. The number of fused-ring (bicyclic) bond motifs is 1. The lowest BCUT2D eigenvalue weighted by Crippen LogP contribution is -2.25. The number of rotatable bonds is 3. The summed E-state index contributed by atoms with van der Waals surface area (Å²) >= 11 is 0. The molecule has 0 saturated carbocycles. The largest absolute Gasteiger partial charge is 0.320 e. The number of carbonyl (C=O) groups excluding carboxylic acids is 2. The normalized spacial score (nSPS) is 10.6. The van der Waals surface area contributed by atoms with E-state index < -0.39 is 5.91 Å². The molecular weight excluding hydrogens is 306 g/mol. The third-order valence-corrected chi connectivity index (χ3v) is 3.73. The SMILES string of the molecule is CC(=O)c1ccccc1NC(=O)c1nn(C)c(=O)c2ccccc12. The van der Waals surface area contributed by atoms with E-state index in [1.165, 1.54) is 14.0 Å². The maximum Gasteiger partial charge on any atom is 0.276 e. The van der Waals surface area contributed by atoms with Gasteiger partial charge in [0.25, 0.3) is 11.5 Å². The van der Waals surface area contributed by atoms with Gasteiger partial charge in [-0.2, -0.15) is 5.10 Å². The van der Waals surface area contributed by atoms with Crippen LogP contribution in [0.3, 0.4) is 0 Å². The number of nitrogens with one attached hydrogen (secondary N) is 1. The Balaban J connectivity index is 2.09. The quantitative estimate of drug-likeness (QED) is 0.751. The fourth-order valence-electron chi connectivity index (χ4n) is 2.55. The van der Waals surface area contributed by atoms with Crippen molar-refractivity contribution in [3.8, 4) is 0 Å². The molecule has 2 aromatic carbocycles. The van der Waals surface area contributed by atoms with Gasteiger partial charge in [-0.1, -0.05) is 30.3 Å². The highest BCUT2D eigenvalue weighted by molar-refractivity contribution is 6.13. The van der Waals surface area contributed by atoms with Crippen molar-refractivity contribution in [1.29, 1.82) is 0 Å². The second-order valence-corrected chi connectivity index (χ2v) is 5.38. The van der Waals surface area contributed by atoms with Crippen LogP contribution in [0.1, 0.15) is 27.8 Å². The predicted octanol–water partition coefficient (Wildman–Crippen LogP) is 2.39. The maximum atomic E-state index is 12.7. The Morgan fingerprint density at radius 3 is 2.33 bits per heavy atom. The van der Waals surface area contributed by atoms with Crippen molar-refractivity contribution in [2.45, 2.75) is 6.92 Å². The minimum absolute atomic E-state index is 0.131. The van der Waals surface area contributed by atoms with Gasteiger partial charge in [0.05, 0.1) is 11.1 Å². The van der Waals surface area contributed by atoms with Crippen LogP contribution in [0.15, 0.2) is 53.3 Å². The van der Waals surface area contributed by atoms with Crippen molar-refractivity contribution < 1.29 is 9.59 Å². The van der Waals surface area contributed by atoms with Crippen molar-refractivity contribution in [2.75, 3.05) is 5.32 Å². The summed E-state index contributed by atoms with van der Waals surface area (Å²) in [6, 6.07) is 13.6. The average molecular weight is 321 g/mol. The summed E-state index contributed by atoms with van der Waals surface area (Å²) < 4.78 is 1.13. The lowest BCUT2D eigenvalue weighted by molar-refractivity contribution is 0.101. The van der Waals surface area contributed by atoms with Crippen molar-refractivity contribution in [3.05, 3.63) is 70.1 Å². The molecule has 3 rings (SSSR count). The molecule has 120 valence electrons. The zero-order valence-corrected chi connectivity index (χ0v) is 13.2. The lowest BCUT2D eigenvalue weighted by atomic mass is 10.1. The predicted molar refractivity (Wildman–Crippen MR) is 91.4 cm³/mol. The topological polar surface area (TPSA) is 81.1 Å². The van der Waals surface area contributed by atoms with Crippen LogP contribution in [-0.2, 0) is 7.05 Å². The molecule has 0 radical (unpaired) electrons. The highest BCUT2D eigenvalue weighted by Gasteiger charge is 2.17. The smallest absolute Gasteiger partial charge is 0.276 e. The molecule has 0 spiro atoms. The van der Waals surface area contributed by atoms with Gasteiger partial charge in [-0.15, -0.1) is 0 Å². The summed E-state index contributed by atoms with van der Waals surface area (Å²) in [5.41, 5.74) is 0.687. The number of hydrogen-bond acceptors (Lipinski definition) is 4. The van der Waals surface area contributed by atoms with Crippen LogP contribution in [0.4, 0.5) is 5.69 Å². The first kappa shape index (κ1) is 15.6. The van der Waals surface area contributed by atoms with Crippen molar-refractivity contribution in [3.63, 3.8) is 0 Å². The Hall–Kier alpha value is -3.28. The molecule has 0 aliphatic rings. The van der Waals surface area contributed by atoms with Gasteiger partial charge < -0.3 is 5.32 Å². The molecule has 0 fully saturated rings. The maximum absolute atomic E-state index is 12.7. The molecule has 0 aliphatic heterocycles. The summed E-state index contributed by atoms with van der Waals surface area (Å²) in [7, 11) is 1.50. The average Bonchev–Trinajstić information content (AvgIpc) is 2.58. The highest BCUT2D eigenvalue weighted by Crippen LogP contribution is 2.19. The summed E-state index contributed by atoms with van der Waals surface area (Å²) in [6.07, 6.45) is 0. The molecular formula is C18H15N3O3. The molecule has 1 amide bonds. The van der Waals surface area contributed by atoms with E-state index >= 15 is 0 Å². The molecule has 0 unspecified atom stereocenters. The minimum atomic E-state index is -0.476. The Morgan fingerprint density at radius 1 is 1.00 bits per heavy atom. The van der Waals surface area contributed by atoms with Gasteiger partial charge in [-0.25, -0.2) is 4.68 Å². The zero-order chi connectivity index (χ0) is 17.3. The van der Waals surface area contributed by atoms with Crippen LogP contribution < -0.4 is 10.9 Å². The van der Waals surface area contributed by atoms with E-state index in [1.807, 2.05) is 0 Å². The van der Waals surface area contributed by atoms with Gasteiger partial charge >= 0.3 is 0 Å². The number of Topliss-reactive ketones (excluding diaryl/α,β-unsaturated/α-hetero) is 1. The van der Waals surface area contributed by atoms with Crippen LogP contribution in [0.2, 0.25) is 0 Å². The summed E-state index contributed by atoms with van der Waals surface area (Å²) in [5, 5.41) is 7.68. The fraction of sp³-hybridized carbons (Fsp3) is 0.111. The molecule has 0 saturated heterocycles. The monoisotopic (exact) mass is 321 g/mol. The Bertz CT molecular complexity index is 1020. The number of nitrogens with zero attached hydrogens (tertiary/aromatic N) is 2. The highest BCUT2D eigenvalue weighted by atomic mass is 16.2. The van der Waals surface area contributed by atoms with Crippen LogP contribution in [0.25, 0.3) is 10.8 Å². The Morgan fingerprint density at radius 2 is 1.62 bits per heavy atom. The lowest BCUT2D eigenvalue weighted by Gasteiger charge is -2.11. The third-order valence-electron chi connectivity index (χ3n) is 3.73. The van der Waals surface area contributed by atoms with E-state index in [-0.39, 0.29) is 17.0 Å². The van der Waals surface area contributed by atoms with Gasteiger partial charge in [0, 0.05) is 18.0 Å². The van der Waals surface area contributed by atoms with Gasteiger partial charge in [0.1, 0.15) is 0 Å². The first-order chi connectivity index (χ1) is 11.5. The van der Waals surface area contributed by atoms with E-state index in [0.29, 0.717) is 22.0 Å². The number of aryl methyl sites for hydroxylation is 1. The van der Waals surface area contributed by atoms with Crippen molar-refractivity contribution in [2.24, 2.45) is 7.05 Å². The molecule has 1 aromatic heterocycles. The molecule has 0 atom stereocenters. The fourth-order valence-corrected chi connectivity index (χ4v) is 2.55. The number of carbonyl (C=O) groups is 2. The third kappa shape index (κ3) is 2.69. The molecule has 1 heterocycles. The number of anilines is 1. The molecule has 0 aliphatic carbocycles. The number of benzene rings is 2. The Kier molecular flexibility index (Phi) is 3.95. The number of aromatic nitrogens is 2. The summed E-state index contributed by atoms with van der Waals surface area (Å²) in [6.45, 7) is 1.44. The van der Waals surface area contributed by atoms with E-state index in [0.717, 1.165) is 4.68 Å². The van der Waals surface area contributed by atoms with Crippen molar-refractivity contribution in [1.82, 2.24) is 9.78 Å². The first-order valence-electron chi connectivity index (χ1n) is 7.36. The first-order valence-corrected chi connectivity index (χ1v) is 7.36. The van der Waals surface area contributed by atoms with Gasteiger partial charge in [-0.3, -0.25) is 14.4 Å². The van der Waals surface area contributed by atoms with Crippen LogP contribution >= 0.6 is 0 Å². The van der Waals surface area contributed by atoms with Crippen LogP contribution in [0, 0.1) is 0 Å². The number of hydrogen-bond donors (Lipinski definition) is 1. The van der Waals surface area contributed by atoms with Crippen LogP contribution in [0.5, 0.6) is 0 Å². The van der Waals surface area contributed by atoms with Gasteiger partial charge in [0.15, 0.2) is 11.5 Å². The minimum Gasteiger partial charge on any atom is -0.320 e. The van der Waals surface area contributed by atoms with Gasteiger partial charge in [0.2, 0.25) is 0 Å². The van der Waals surface area contributed by atoms with E-state index in [9.17, 15) is 14.4 Å². The molecule has 0 bridgehead atoms. The molecule has 3 aromatic rings. The summed E-state index contributed by atoms with van der Waals surface area (Å²) in [5.74, 6) is -0.625. The second kappa shape index (κ2) is 6.08. The molecule has 24 heavy (non-hydrogen) atoms. The Labute approximate surface area is 137 Å². The number of para-hydroxylation sites is 1. The standard InChI is InChI=1S/C18H15N3O3/c1-11(22)12-7-5-6-10-15(12)19-17(23)16-13-8-3-4-9-14(13)18(24)21(2)20-16/h3-10H,1-2H3,(H,19,23). The van der Waals surface area contributed by atoms with Gasteiger partial charge in [-0.05, 0) is 25.1 Å². The number of amides is 1.